The van der Waals surface area contributed by atoms with Crippen LogP contribution < -0.4 is 5.32 Å². The fourth-order valence-corrected chi connectivity index (χ4v) is 1.92. The van der Waals surface area contributed by atoms with Crippen molar-refractivity contribution in [2.75, 3.05) is 5.32 Å². The number of benzene rings is 1. The Morgan fingerprint density at radius 1 is 1.60 bits per heavy atom. The van der Waals surface area contributed by atoms with E-state index in [-0.39, 0.29) is 11.8 Å². The lowest BCUT2D eigenvalue weighted by atomic mass is 10.3. The molecule has 1 fully saturated rings. The van der Waals surface area contributed by atoms with Crippen molar-refractivity contribution in [3.63, 3.8) is 0 Å². The zero-order chi connectivity index (χ0) is 11.0. The first kappa shape index (κ1) is 11.0. The summed E-state index contributed by atoms with van der Waals surface area (Å²) in [4.78, 5) is 11.6. The average Bonchev–Trinajstić information content (AvgIpc) is 2.89. The maximum absolute atomic E-state index is 11.6. The summed E-state index contributed by atoms with van der Waals surface area (Å²) >= 11 is 9.22. The summed E-state index contributed by atoms with van der Waals surface area (Å²) in [5.41, 5.74) is 0.757. The molecular formula is C11H11BrClNO. The maximum atomic E-state index is 11.6. The molecule has 1 amide bonds. The molecule has 2 unspecified atom stereocenters. The Labute approximate surface area is 102 Å². The van der Waals surface area contributed by atoms with Gasteiger partial charge in [0.05, 0.1) is 5.02 Å². The van der Waals surface area contributed by atoms with E-state index in [9.17, 15) is 4.79 Å². The van der Waals surface area contributed by atoms with Crippen molar-refractivity contribution in [2.24, 2.45) is 11.8 Å². The van der Waals surface area contributed by atoms with Crippen LogP contribution in [0.25, 0.3) is 0 Å². The molecule has 0 heterocycles. The van der Waals surface area contributed by atoms with Crippen LogP contribution in [0.1, 0.15) is 13.3 Å². The fourth-order valence-electron chi connectivity index (χ4n) is 1.50. The van der Waals surface area contributed by atoms with Gasteiger partial charge in [0.1, 0.15) is 0 Å². The molecule has 1 aromatic carbocycles. The second-order valence-electron chi connectivity index (χ2n) is 3.94. The van der Waals surface area contributed by atoms with Crippen molar-refractivity contribution >= 4 is 39.1 Å². The van der Waals surface area contributed by atoms with E-state index in [1.807, 2.05) is 12.1 Å². The van der Waals surface area contributed by atoms with Crippen molar-refractivity contribution in [1.82, 2.24) is 0 Å². The summed E-state index contributed by atoms with van der Waals surface area (Å²) in [6, 6.07) is 5.41. The van der Waals surface area contributed by atoms with E-state index in [1.165, 1.54) is 0 Å². The fraction of sp³-hybridized carbons (Fsp3) is 0.364. The van der Waals surface area contributed by atoms with Gasteiger partial charge in [0.15, 0.2) is 0 Å². The van der Waals surface area contributed by atoms with Gasteiger partial charge < -0.3 is 5.32 Å². The smallest absolute Gasteiger partial charge is 0.227 e. The van der Waals surface area contributed by atoms with Crippen molar-refractivity contribution < 1.29 is 4.79 Å². The molecule has 2 atom stereocenters. The van der Waals surface area contributed by atoms with Gasteiger partial charge in [0.25, 0.3) is 0 Å². The largest absolute Gasteiger partial charge is 0.326 e. The Kier molecular flexibility index (Phi) is 3.03. The molecule has 80 valence electrons. The first-order valence-electron chi connectivity index (χ1n) is 4.84. The summed E-state index contributed by atoms with van der Waals surface area (Å²) in [6.07, 6.45) is 0.996. The highest BCUT2D eigenvalue weighted by molar-refractivity contribution is 9.10. The molecule has 2 nitrogen and oxygen atoms in total. The lowest BCUT2D eigenvalue weighted by Gasteiger charge is -2.05. The summed E-state index contributed by atoms with van der Waals surface area (Å²) in [5.74, 6) is 0.809. The molecule has 0 spiro atoms. The van der Waals surface area contributed by atoms with Crippen molar-refractivity contribution in [3.05, 3.63) is 27.7 Å². The van der Waals surface area contributed by atoms with Gasteiger partial charge in [-0.1, -0.05) is 18.5 Å². The van der Waals surface area contributed by atoms with Crippen LogP contribution in [0.3, 0.4) is 0 Å². The Balaban J connectivity index is 2.04. The van der Waals surface area contributed by atoms with Crippen molar-refractivity contribution in [2.45, 2.75) is 13.3 Å². The number of carbonyl (C=O) groups excluding carboxylic acids is 1. The molecule has 2 rings (SSSR count). The monoisotopic (exact) mass is 287 g/mol. The van der Waals surface area contributed by atoms with Crippen LogP contribution in [0.5, 0.6) is 0 Å². The number of hydrogen-bond acceptors (Lipinski definition) is 1. The number of amides is 1. The quantitative estimate of drug-likeness (QED) is 0.883. The van der Waals surface area contributed by atoms with E-state index in [4.69, 9.17) is 11.6 Å². The average molecular weight is 289 g/mol. The van der Waals surface area contributed by atoms with Gasteiger partial charge in [-0.2, -0.15) is 0 Å². The molecule has 15 heavy (non-hydrogen) atoms. The predicted molar refractivity (Wildman–Crippen MR) is 65.1 cm³/mol. The van der Waals surface area contributed by atoms with Crippen molar-refractivity contribution in [1.29, 1.82) is 0 Å². The lowest BCUT2D eigenvalue weighted by molar-refractivity contribution is -0.117. The van der Waals surface area contributed by atoms with Crippen LogP contribution in [0.4, 0.5) is 5.69 Å². The van der Waals surface area contributed by atoms with Crippen LogP contribution in [-0.2, 0) is 4.79 Å². The zero-order valence-electron chi connectivity index (χ0n) is 8.26. The molecule has 4 heteroatoms. The number of halogens is 2. The van der Waals surface area contributed by atoms with Gasteiger partial charge >= 0.3 is 0 Å². The highest BCUT2D eigenvalue weighted by Gasteiger charge is 2.39. The highest BCUT2D eigenvalue weighted by atomic mass is 79.9. The van der Waals surface area contributed by atoms with Crippen LogP contribution in [0, 0.1) is 11.8 Å². The summed E-state index contributed by atoms with van der Waals surface area (Å²) in [6.45, 7) is 2.08. The third-order valence-electron chi connectivity index (χ3n) is 2.63. The number of rotatable bonds is 2. The van der Waals surface area contributed by atoms with Crippen LogP contribution >= 0.6 is 27.5 Å². The molecule has 0 saturated heterocycles. The number of carbonyl (C=O) groups is 1. The molecule has 0 radical (unpaired) electrons. The van der Waals surface area contributed by atoms with E-state index in [0.717, 1.165) is 16.6 Å². The minimum Gasteiger partial charge on any atom is -0.326 e. The number of anilines is 1. The first-order valence-corrected chi connectivity index (χ1v) is 6.01. The Morgan fingerprint density at radius 3 is 2.80 bits per heavy atom. The van der Waals surface area contributed by atoms with Crippen molar-refractivity contribution in [3.8, 4) is 0 Å². The SMILES string of the molecule is CC1CC1C(=O)Nc1ccc(Br)c(Cl)c1. The van der Waals surface area contributed by atoms with Gasteiger partial charge in [-0.15, -0.1) is 0 Å². The molecule has 1 N–H and O–H groups in total. The van der Waals surface area contributed by atoms with Crippen LogP contribution in [0.2, 0.25) is 5.02 Å². The molecule has 0 aromatic heterocycles. The lowest BCUT2D eigenvalue weighted by Crippen LogP contribution is -2.14. The number of hydrogen-bond donors (Lipinski definition) is 1. The van der Waals surface area contributed by atoms with Gasteiger partial charge in [-0.05, 0) is 46.5 Å². The van der Waals surface area contributed by atoms with E-state index in [0.29, 0.717) is 10.9 Å². The molecule has 0 bridgehead atoms. The zero-order valence-corrected chi connectivity index (χ0v) is 10.6. The minimum atomic E-state index is 0.0980. The van der Waals surface area contributed by atoms with Gasteiger partial charge in [-0.3, -0.25) is 4.79 Å². The summed E-state index contributed by atoms with van der Waals surface area (Å²) in [7, 11) is 0. The normalized spacial score (nSPS) is 23.7. The van der Waals surface area contributed by atoms with Gasteiger partial charge in [-0.25, -0.2) is 0 Å². The standard InChI is InChI=1S/C11H11BrClNO/c1-6-4-8(6)11(15)14-7-2-3-9(12)10(13)5-7/h2-3,5-6,8H,4H2,1H3,(H,14,15). The Morgan fingerprint density at radius 2 is 2.27 bits per heavy atom. The van der Waals surface area contributed by atoms with E-state index >= 15 is 0 Å². The van der Waals surface area contributed by atoms with Crippen LogP contribution in [-0.4, -0.2) is 5.91 Å². The number of nitrogens with one attached hydrogen (secondary N) is 1. The van der Waals surface area contributed by atoms with Gasteiger partial charge in [0, 0.05) is 16.1 Å². The third-order valence-corrected chi connectivity index (χ3v) is 3.87. The predicted octanol–water partition coefficient (Wildman–Crippen LogP) is 3.70. The highest BCUT2D eigenvalue weighted by Crippen LogP contribution is 2.38. The van der Waals surface area contributed by atoms with E-state index in [2.05, 4.69) is 28.2 Å². The second-order valence-corrected chi connectivity index (χ2v) is 5.20. The molecule has 0 aliphatic heterocycles. The third kappa shape index (κ3) is 2.52. The molecular weight excluding hydrogens is 277 g/mol. The molecule has 1 aromatic rings. The Bertz CT molecular complexity index is 408. The van der Waals surface area contributed by atoms with E-state index < -0.39 is 0 Å². The topological polar surface area (TPSA) is 29.1 Å². The van der Waals surface area contributed by atoms with Crippen LogP contribution in [0.15, 0.2) is 22.7 Å². The Hall–Kier alpha value is -0.540. The molecule has 1 saturated carbocycles. The van der Waals surface area contributed by atoms with Gasteiger partial charge in [0.2, 0.25) is 5.91 Å². The minimum absolute atomic E-state index is 0.0980. The molecule has 1 aliphatic carbocycles. The second kappa shape index (κ2) is 4.14. The summed E-state index contributed by atoms with van der Waals surface area (Å²) in [5, 5.41) is 3.47. The summed E-state index contributed by atoms with van der Waals surface area (Å²) < 4.78 is 0.835. The van der Waals surface area contributed by atoms with E-state index in [1.54, 1.807) is 6.07 Å². The first-order chi connectivity index (χ1) is 7.08. The maximum Gasteiger partial charge on any atom is 0.227 e. The molecule has 1 aliphatic rings.